The van der Waals surface area contributed by atoms with Crippen LogP contribution in [0.4, 0.5) is 5.69 Å². The molecule has 3 aromatic rings. The van der Waals surface area contributed by atoms with Gasteiger partial charge >= 0.3 is 5.97 Å². The molecule has 1 amide bonds. The zero-order valence-electron chi connectivity index (χ0n) is 14.2. The second kappa shape index (κ2) is 7.18. The summed E-state index contributed by atoms with van der Waals surface area (Å²) in [6, 6.07) is 15.0. The summed E-state index contributed by atoms with van der Waals surface area (Å²) < 4.78 is 0. The Labute approximate surface area is 165 Å². The number of carbonyl (C=O) groups excluding carboxylic acids is 1. The molecule has 0 radical (unpaired) electrons. The van der Waals surface area contributed by atoms with E-state index in [-0.39, 0.29) is 17.4 Å². The molecule has 1 aliphatic carbocycles. The third kappa shape index (κ3) is 3.48. The van der Waals surface area contributed by atoms with Crippen molar-refractivity contribution in [1.29, 1.82) is 0 Å². The summed E-state index contributed by atoms with van der Waals surface area (Å²) in [5, 5.41) is 14.8. The Bertz CT molecular complexity index is 1000. The van der Waals surface area contributed by atoms with Crippen molar-refractivity contribution in [3.63, 3.8) is 0 Å². The van der Waals surface area contributed by atoms with Crippen LogP contribution in [0.1, 0.15) is 21.5 Å². The molecule has 2 aromatic carbocycles. The number of benzene rings is 2. The summed E-state index contributed by atoms with van der Waals surface area (Å²) in [6.45, 7) is 0. The second-order valence-electron chi connectivity index (χ2n) is 6.53. The minimum atomic E-state index is -1.06. The van der Waals surface area contributed by atoms with Crippen molar-refractivity contribution in [2.24, 2.45) is 5.92 Å². The number of fused-ring (bicyclic) bond motifs is 1. The number of anilines is 1. The first kappa shape index (κ1) is 17.8. The molecule has 27 heavy (non-hydrogen) atoms. The highest BCUT2D eigenvalue weighted by atomic mass is 35.5. The Hall–Kier alpha value is -2.63. The van der Waals surface area contributed by atoms with Crippen molar-refractivity contribution >= 4 is 40.5 Å². The SMILES string of the molecule is O=C(O)c1c(NC(=O)C2Cc3ccccc3C2)csc1-c1ccc(Cl)cc1. The van der Waals surface area contributed by atoms with E-state index in [1.54, 1.807) is 29.6 Å². The Morgan fingerprint density at radius 3 is 2.26 bits per heavy atom. The lowest BCUT2D eigenvalue weighted by atomic mass is 10.0. The number of amides is 1. The normalized spacial score (nSPS) is 13.4. The lowest BCUT2D eigenvalue weighted by Gasteiger charge is -2.10. The van der Waals surface area contributed by atoms with Gasteiger partial charge in [0.25, 0.3) is 0 Å². The molecular weight excluding hydrogens is 382 g/mol. The molecule has 1 aliphatic rings. The van der Waals surface area contributed by atoms with Crippen LogP contribution in [0.15, 0.2) is 53.9 Å². The highest BCUT2D eigenvalue weighted by molar-refractivity contribution is 7.14. The minimum Gasteiger partial charge on any atom is -0.478 e. The van der Waals surface area contributed by atoms with Crippen LogP contribution in [0.25, 0.3) is 10.4 Å². The molecular formula is C21H16ClNO3S. The molecule has 0 saturated carbocycles. The fourth-order valence-electron chi connectivity index (χ4n) is 3.45. The van der Waals surface area contributed by atoms with Crippen LogP contribution in [-0.4, -0.2) is 17.0 Å². The van der Waals surface area contributed by atoms with Crippen molar-refractivity contribution < 1.29 is 14.7 Å². The molecule has 6 heteroatoms. The summed E-state index contributed by atoms with van der Waals surface area (Å²) in [5.74, 6) is -1.39. The van der Waals surface area contributed by atoms with Gasteiger partial charge < -0.3 is 10.4 Å². The number of rotatable bonds is 4. The molecule has 4 nitrogen and oxygen atoms in total. The van der Waals surface area contributed by atoms with E-state index in [0.29, 0.717) is 28.4 Å². The van der Waals surface area contributed by atoms with Crippen LogP contribution < -0.4 is 5.32 Å². The van der Waals surface area contributed by atoms with Gasteiger partial charge in [-0.05, 0) is 41.7 Å². The predicted octanol–water partition coefficient (Wildman–Crippen LogP) is 5.12. The topological polar surface area (TPSA) is 66.4 Å². The Balaban J connectivity index is 1.58. The quantitative estimate of drug-likeness (QED) is 0.642. The van der Waals surface area contributed by atoms with Crippen molar-refractivity contribution in [3.8, 4) is 10.4 Å². The highest BCUT2D eigenvalue weighted by Gasteiger charge is 2.29. The zero-order valence-corrected chi connectivity index (χ0v) is 15.8. The molecule has 136 valence electrons. The number of nitrogens with one attached hydrogen (secondary N) is 1. The fourth-order valence-corrected chi connectivity index (χ4v) is 4.58. The Morgan fingerprint density at radius 2 is 1.67 bits per heavy atom. The summed E-state index contributed by atoms with van der Waals surface area (Å²) in [6.07, 6.45) is 1.36. The third-order valence-electron chi connectivity index (χ3n) is 4.79. The van der Waals surface area contributed by atoms with Gasteiger partial charge in [0.2, 0.25) is 5.91 Å². The van der Waals surface area contributed by atoms with Crippen LogP contribution in [0.5, 0.6) is 0 Å². The Kier molecular flexibility index (Phi) is 4.72. The van der Waals surface area contributed by atoms with Gasteiger partial charge in [0, 0.05) is 16.3 Å². The van der Waals surface area contributed by atoms with Gasteiger partial charge in [0.1, 0.15) is 5.56 Å². The maximum absolute atomic E-state index is 12.7. The lowest BCUT2D eigenvalue weighted by Crippen LogP contribution is -2.23. The van der Waals surface area contributed by atoms with E-state index in [0.717, 1.165) is 5.56 Å². The van der Waals surface area contributed by atoms with Crippen molar-refractivity contribution in [1.82, 2.24) is 0 Å². The van der Waals surface area contributed by atoms with E-state index in [9.17, 15) is 14.7 Å². The standard InChI is InChI=1S/C21H16ClNO3S/c22-16-7-5-12(6-8-16)19-18(21(25)26)17(11-27-19)23-20(24)15-9-13-3-1-2-4-14(13)10-15/h1-8,11,15H,9-10H2,(H,23,24)(H,25,26). The van der Waals surface area contributed by atoms with Crippen molar-refractivity contribution in [2.75, 3.05) is 5.32 Å². The number of thiophene rings is 1. The molecule has 1 heterocycles. The fraction of sp³-hybridized carbons (Fsp3) is 0.143. The van der Waals surface area contributed by atoms with E-state index < -0.39 is 5.97 Å². The van der Waals surface area contributed by atoms with Crippen molar-refractivity contribution in [3.05, 3.63) is 75.6 Å². The summed E-state index contributed by atoms with van der Waals surface area (Å²) in [4.78, 5) is 25.2. The molecule has 0 unspecified atom stereocenters. The number of hydrogen-bond donors (Lipinski definition) is 2. The van der Waals surface area contributed by atoms with E-state index >= 15 is 0 Å². The van der Waals surface area contributed by atoms with Gasteiger partial charge in [-0.1, -0.05) is 48.0 Å². The van der Waals surface area contributed by atoms with Crippen LogP contribution in [-0.2, 0) is 17.6 Å². The van der Waals surface area contributed by atoms with Crippen LogP contribution in [0.3, 0.4) is 0 Å². The number of halogens is 1. The maximum Gasteiger partial charge on any atom is 0.339 e. The van der Waals surface area contributed by atoms with Gasteiger partial charge in [0.15, 0.2) is 0 Å². The third-order valence-corrected chi connectivity index (χ3v) is 6.07. The minimum absolute atomic E-state index is 0.117. The summed E-state index contributed by atoms with van der Waals surface area (Å²) in [7, 11) is 0. The monoisotopic (exact) mass is 397 g/mol. The van der Waals surface area contributed by atoms with E-state index in [1.807, 2.05) is 24.3 Å². The van der Waals surface area contributed by atoms with E-state index in [2.05, 4.69) is 5.32 Å². The summed E-state index contributed by atoms with van der Waals surface area (Å²) >= 11 is 7.21. The van der Waals surface area contributed by atoms with E-state index in [4.69, 9.17) is 11.6 Å². The van der Waals surface area contributed by atoms with Gasteiger partial charge in [0.05, 0.1) is 10.6 Å². The number of carboxylic acids is 1. The predicted molar refractivity (Wildman–Crippen MR) is 108 cm³/mol. The molecule has 0 bridgehead atoms. The first-order chi connectivity index (χ1) is 13.0. The smallest absolute Gasteiger partial charge is 0.339 e. The van der Waals surface area contributed by atoms with Gasteiger partial charge in [-0.3, -0.25) is 4.79 Å². The average Bonchev–Trinajstić information content (AvgIpc) is 3.26. The molecule has 0 saturated heterocycles. The average molecular weight is 398 g/mol. The highest BCUT2D eigenvalue weighted by Crippen LogP contribution is 2.37. The molecule has 0 fully saturated rings. The molecule has 0 aliphatic heterocycles. The number of hydrogen-bond acceptors (Lipinski definition) is 3. The van der Waals surface area contributed by atoms with Crippen molar-refractivity contribution in [2.45, 2.75) is 12.8 Å². The summed E-state index contributed by atoms with van der Waals surface area (Å²) in [5.41, 5.74) is 3.59. The number of carboxylic acid groups (broad SMARTS) is 1. The molecule has 0 spiro atoms. The van der Waals surface area contributed by atoms with Crippen LogP contribution in [0.2, 0.25) is 5.02 Å². The molecule has 2 N–H and O–H groups in total. The van der Waals surface area contributed by atoms with Gasteiger partial charge in [-0.15, -0.1) is 11.3 Å². The molecule has 4 rings (SSSR count). The first-order valence-corrected chi connectivity index (χ1v) is 9.77. The lowest BCUT2D eigenvalue weighted by molar-refractivity contribution is -0.119. The second-order valence-corrected chi connectivity index (χ2v) is 7.84. The Morgan fingerprint density at radius 1 is 1.04 bits per heavy atom. The molecule has 0 atom stereocenters. The van der Waals surface area contributed by atoms with Gasteiger partial charge in [-0.2, -0.15) is 0 Å². The van der Waals surface area contributed by atoms with Crippen LogP contribution >= 0.6 is 22.9 Å². The number of carbonyl (C=O) groups is 2. The zero-order chi connectivity index (χ0) is 19.0. The number of aromatic carboxylic acids is 1. The van der Waals surface area contributed by atoms with Crippen LogP contribution in [0, 0.1) is 5.92 Å². The first-order valence-electron chi connectivity index (χ1n) is 8.51. The molecule has 1 aromatic heterocycles. The largest absolute Gasteiger partial charge is 0.478 e. The van der Waals surface area contributed by atoms with Gasteiger partial charge in [-0.25, -0.2) is 4.79 Å². The van der Waals surface area contributed by atoms with E-state index in [1.165, 1.54) is 22.5 Å². The maximum atomic E-state index is 12.7.